The molecule has 18 heavy (non-hydrogen) atoms. The summed E-state index contributed by atoms with van der Waals surface area (Å²) < 4.78 is 1.91. The Labute approximate surface area is 116 Å². The zero-order chi connectivity index (χ0) is 13.7. The minimum Gasteiger partial charge on any atom is -0.314 e. The third kappa shape index (κ3) is 4.29. The highest BCUT2D eigenvalue weighted by Crippen LogP contribution is 2.22. The number of nitrogens with zero attached hydrogens (tertiary/aromatic N) is 2. The lowest BCUT2D eigenvalue weighted by Crippen LogP contribution is -2.31. The van der Waals surface area contributed by atoms with Gasteiger partial charge in [0.05, 0.1) is 16.4 Å². The van der Waals surface area contributed by atoms with Gasteiger partial charge in [-0.1, -0.05) is 32.4 Å². The monoisotopic (exact) mass is 271 g/mol. The van der Waals surface area contributed by atoms with Crippen molar-refractivity contribution in [2.45, 2.75) is 53.0 Å². The molecule has 0 spiro atoms. The molecule has 0 amide bonds. The molecule has 1 heterocycles. The first kappa shape index (κ1) is 15.5. The van der Waals surface area contributed by atoms with Gasteiger partial charge in [-0.25, -0.2) is 0 Å². The van der Waals surface area contributed by atoms with E-state index in [2.05, 4.69) is 31.2 Å². The van der Waals surface area contributed by atoms with Crippen molar-refractivity contribution in [2.75, 3.05) is 6.54 Å². The van der Waals surface area contributed by atoms with Crippen LogP contribution in [-0.4, -0.2) is 22.4 Å². The molecule has 104 valence electrons. The standard InChI is InChI=1S/C14H26ClN3/c1-6-16-12(9-10(2)3)7-8-13-14(15)11(4)17-18(13)5/h10,12,16H,6-9H2,1-5H3. The first-order chi connectivity index (χ1) is 8.45. The van der Waals surface area contributed by atoms with Gasteiger partial charge in [-0.15, -0.1) is 0 Å². The van der Waals surface area contributed by atoms with Crippen LogP contribution in [0.25, 0.3) is 0 Å². The maximum atomic E-state index is 6.28. The Balaban J connectivity index is 2.60. The molecule has 1 aromatic heterocycles. The number of aryl methyl sites for hydroxylation is 2. The minimum absolute atomic E-state index is 0.571. The van der Waals surface area contributed by atoms with Gasteiger partial charge in [0.15, 0.2) is 0 Å². The fourth-order valence-corrected chi connectivity index (χ4v) is 2.68. The van der Waals surface area contributed by atoms with E-state index in [0.717, 1.165) is 41.7 Å². The molecule has 1 N–H and O–H groups in total. The summed E-state index contributed by atoms with van der Waals surface area (Å²) in [5.41, 5.74) is 2.08. The third-order valence-corrected chi connectivity index (χ3v) is 3.73. The van der Waals surface area contributed by atoms with Crippen LogP contribution in [0.4, 0.5) is 0 Å². The molecule has 0 aromatic carbocycles. The predicted molar refractivity (Wildman–Crippen MR) is 78.2 cm³/mol. The normalized spacial score (nSPS) is 13.3. The molecule has 0 bridgehead atoms. The van der Waals surface area contributed by atoms with Crippen molar-refractivity contribution in [1.29, 1.82) is 0 Å². The van der Waals surface area contributed by atoms with E-state index in [1.54, 1.807) is 0 Å². The van der Waals surface area contributed by atoms with Crippen LogP contribution in [0.2, 0.25) is 5.02 Å². The molecule has 0 saturated heterocycles. The summed E-state index contributed by atoms with van der Waals surface area (Å²) >= 11 is 6.28. The van der Waals surface area contributed by atoms with Gasteiger partial charge in [0.2, 0.25) is 0 Å². The number of halogens is 1. The van der Waals surface area contributed by atoms with E-state index in [-0.39, 0.29) is 0 Å². The van der Waals surface area contributed by atoms with Crippen molar-refractivity contribution in [2.24, 2.45) is 13.0 Å². The molecular weight excluding hydrogens is 246 g/mol. The highest BCUT2D eigenvalue weighted by Gasteiger charge is 2.14. The summed E-state index contributed by atoms with van der Waals surface area (Å²) in [7, 11) is 1.97. The molecule has 3 nitrogen and oxygen atoms in total. The number of nitrogens with one attached hydrogen (secondary N) is 1. The SMILES string of the molecule is CCNC(CCc1c(Cl)c(C)nn1C)CC(C)C. The van der Waals surface area contributed by atoms with Gasteiger partial charge in [0.1, 0.15) is 0 Å². The van der Waals surface area contributed by atoms with E-state index in [0.29, 0.717) is 6.04 Å². The van der Waals surface area contributed by atoms with Gasteiger partial charge in [0.25, 0.3) is 0 Å². The van der Waals surface area contributed by atoms with Crippen LogP contribution in [-0.2, 0) is 13.5 Å². The molecular formula is C14H26ClN3. The lowest BCUT2D eigenvalue weighted by atomic mass is 9.99. The van der Waals surface area contributed by atoms with Crippen LogP contribution in [0.5, 0.6) is 0 Å². The van der Waals surface area contributed by atoms with Crippen LogP contribution in [0.1, 0.15) is 45.0 Å². The Bertz CT molecular complexity index is 371. The van der Waals surface area contributed by atoms with E-state index in [4.69, 9.17) is 11.6 Å². The van der Waals surface area contributed by atoms with E-state index in [1.165, 1.54) is 6.42 Å². The van der Waals surface area contributed by atoms with Crippen molar-refractivity contribution in [3.8, 4) is 0 Å². The summed E-state index contributed by atoms with van der Waals surface area (Å²) in [5.74, 6) is 0.720. The molecule has 0 saturated carbocycles. The van der Waals surface area contributed by atoms with Crippen molar-refractivity contribution in [3.05, 3.63) is 16.4 Å². The van der Waals surface area contributed by atoms with Gasteiger partial charge in [-0.05, 0) is 38.6 Å². The molecule has 0 fully saturated rings. The molecule has 1 aromatic rings. The van der Waals surface area contributed by atoms with Crippen molar-refractivity contribution < 1.29 is 0 Å². The summed E-state index contributed by atoms with van der Waals surface area (Å²) in [6.45, 7) is 9.68. The number of aromatic nitrogens is 2. The Morgan fingerprint density at radius 2 is 2.06 bits per heavy atom. The number of rotatable bonds is 7. The molecule has 0 aliphatic heterocycles. The van der Waals surface area contributed by atoms with Gasteiger partial charge >= 0.3 is 0 Å². The Hall–Kier alpha value is -0.540. The van der Waals surface area contributed by atoms with Gasteiger partial charge in [0, 0.05) is 13.1 Å². The second-order valence-electron chi connectivity index (χ2n) is 5.39. The molecule has 0 aliphatic rings. The zero-order valence-corrected chi connectivity index (χ0v) is 13.0. The molecule has 0 radical (unpaired) electrons. The lowest BCUT2D eigenvalue weighted by Gasteiger charge is -2.20. The minimum atomic E-state index is 0.571. The number of hydrogen-bond donors (Lipinski definition) is 1. The van der Waals surface area contributed by atoms with E-state index in [9.17, 15) is 0 Å². The highest BCUT2D eigenvalue weighted by atomic mass is 35.5. The summed E-state index contributed by atoms with van der Waals surface area (Å²) in [4.78, 5) is 0. The largest absolute Gasteiger partial charge is 0.314 e. The highest BCUT2D eigenvalue weighted by molar-refractivity contribution is 6.31. The fourth-order valence-electron chi connectivity index (χ4n) is 2.42. The summed E-state index contributed by atoms with van der Waals surface area (Å²) in [5, 5.41) is 8.75. The van der Waals surface area contributed by atoms with Crippen molar-refractivity contribution in [3.63, 3.8) is 0 Å². The van der Waals surface area contributed by atoms with Gasteiger partial charge in [-0.3, -0.25) is 4.68 Å². The lowest BCUT2D eigenvalue weighted by molar-refractivity contribution is 0.402. The van der Waals surface area contributed by atoms with E-state index >= 15 is 0 Å². The van der Waals surface area contributed by atoms with Crippen molar-refractivity contribution >= 4 is 11.6 Å². The van der Waals surface area contributed by atoms with Crippen LogP contribution < -0.4 is 5.32 Å². The first-order valence-corrected chi connectivity index (χ1v) is 7.24. The molecule has 1 unspecified atom stereocenters. The smallest absolute Gasteiger partial charge is 0.0846 e. The first-order valence-electron chi connectivity index (χ1n) is 6.87. The van der Waals surface area contributed by atoms with Crippen LogP contribution in [0.3, 0.4) is 0 Å². The number of hydrogen-bond acceptors (Lipinski definition) is 2. The maximum absolute atomic E-state index is 6.28. The molecule has 1 atom stereocenters. The maximum Gasteiger partial charge on any atom is 0.0846 e. The topological polar surface area (TPSA) is 29.9 Å². The molecule has 4 heteroatoms. The van der Waals surface area contributed by atoms with Crippen LogP contribution in [0, 0.1) is 12.8 Å². The summed E-state index contributed by atoms with van der Waals surface area (Å²) in [6.07, 6.45) is 3.31. The fraction of sp³-hybridized carbons (Fsp3) is 0.786. The second kappa shape index (κ2) is 7.15. The Morgan fingerprint density at radius 3 is 2.50 bits per heavy atom. The zero-order valence-electron chi connectivity index (χ0n) is 12.3. The Kier molecular flexibility index (Phi) is 6.16. The molecule has 1 rings (SSSR count). The predicted octanol–water partition coefficient (Wildman–Crippen LogP) is 3.34. The van der Waals surface area contributed by atoms with Gasteiger partial charge in [-0.2, -0.15) is 5.10 Å². The molecule has 0 aliphatic carbocycles. The van der Waals surface area contributed by atoms with Gasteiger partial charge < -0.3 is 5.32 Å². The van der Waals surface area contributed by atoms with Crippen LogP contribution in [0.15, 0.2) is 0 Å². The second-order valence-corrected chi connectivity index (χ2v) is 5.77. The average molecular weight is 272 g/mol. The third-order valence-electron chi connectivity index (χ3n) is 3.24. The quantitative estimate of drug-likeness (QED) is 0.824. The summed E-state index contributed by atoms with van der Waals surface area (Å²) in [6, 6.07) is 0.571. The van der Waals surface area contributed by atoms with Crippen LogP contribution >= 0.6 is 11.6 Å². The van der Waals surface area contributed by atoms with E-state index in [1.807, 2.05) is 18.7 Å². The van der Waals surface area contributed by atoms with E-state index < -0.39 is 0 Å². The Morgan fingerprint density at radius 1 is 1.39 bits per heavy atom. The van der Waals surface area contributed by atoms with Crippen molar-refractivity contribution in [1.82, 2.24) is 15.1 Å². The average Bonchev–Trinajstić information content (AvgIpc) is 2.50.